The summed E-state index contributed by atoms with van der Waals surface area (Å²) in [6.07, 6.45) is 0.478. The van der Waals surface area contributed by atoms with Gasteiger partial charge in [0.15, 0.2) is 9.84 Å². The molecule has 3 rings (SSSR count). The number of sulfone groups is 1. The van der Waals surface area contributed by atoms with E-state index in [4.69, 9.17) is 0 Å². The standard InChI is InChI=1S/C12H13FN2O3S/c13-8-1-2-10-11(5-8)15(6-12(16)14-10)9-3-4-19(17,18)7-9/h1-2,5,9H,3-4,6-7H2,(H,14,16). The summed E-state index contributed by atoms with van der Waals surface area (Å²) in [4.78, 5) is 13.3. The normalized spacial score (nSPS) is 25.0. The van der Waals surface area contributed by atoms with Crippen molar-refractivity contribution in [2.75, 3.05) is 28.3 Å². The van der Waals surface area contributed by atoms with Gasteiger partial charge in [-0.1, -0.05) is 0 Å². The summed E-state index contributed by atoms with van der Waals surface area (Å²) in [5, 5.41) is 2.66. The maximum Gasteiger partial charge on any atom is 0.243 e. The van der Waals surface area contributed by atoms with Crippen LogP contribution in [-0.2, 0) is 14.6 Å². The fourth-order valence-corrected chi connectivity index (χ4v) is 4.36. The Morgan fingerprint density at radius 1 is 1.37 bits per heavy atom. The van der Waals surface area contributed by atoms with Gasteiger partial charge < -0.3 is 10.2 Å². The van der Waals surface area contributed by atoms with Crippen LogP contribution in [0.25, 0.3) is 0 Å². The molecule has 2 heterocycles. The average Bonchev–Trinajstić information content (AvgIpc) is 2.69. The number of nitrogens with one attached hydrogen (secondary N) is 1. The monoisotopic (exact) mass is 284 g/mol. The summed E-state index contributed by atoms with van der Waals surface area (Å²) >= 11 is 0. The van der Waals surface area contributed by atoms with Crippen LogP contribution in [-0.4, -0.2) is 38.4 Å². The van der Waals surface area contributed by atoms with E-state index in [-0.39, 0.29) is 30.0 Å². The van der Waals surface area contributed by atoms with Crippen LogP contribution in [0.4, 0.5) is 15.8 Å². The van der Waals surface area contributed by atoms with Crippen molar-refractivity contribution in [2.24, 2.45) is 0 Å². The number of amides is 1. The SMILES string of the molecule is O=C1CN(C2CCS(=O)(=O)C2)c2cc(F)ccc2N1. The Bertz CT molecular complexity index is 644. The van der Waals surface area contributed by atoms with Gasteiger partial charge in [0.05, 0.1) is 29.4 Å². The molecule has 0 saturated carbocycles. The number of carbonyl (C=O) groups excluding carboxylic acids is 1. The van der Waals surface area contributed by atoms with Crippen LogP contribution < -0.4 is 10.2 Å². The van der Waals surface area contributed by atoms with Crippen LogP contribution in [0.3, 0.4) is 0 Å². The number of halogens is 1. The van der Waals surface area contributed by atoms with Crippen LogP contribution in [0, 0.1) is 5.82 Å². The van der Waals surface area contributed by atoms with Gasteiger partial charge in [0.1, 0.15) is 5.82 Å². The third-order valence-electron chi connectivity index (χ3n) is 3.51. The van der Waals surface area contributed by atoms with Crippen LogP contribution >= 0.6 is 0 Å². The summed E-state index contributed by atoms with van der Waals surface area (Å²) in [6.45, 7) is 0.0661. The van der Waals surface area contributed by atoms with Crippen molar-refractivity contribution in [1.29, 1.82) is 0 Å². The highest BCUT2D eigenvalue weighted by atomic mass is 32.2. The van der Waals surface area contributed by atoms with E-state index in [1.54, 1.807) is 4.90 Å². The van der Waals surface area contributed by atoms with Gasteiger partial charge in [-0.25, -0.2) is 12.8 Å². The summed E-state index contributed by atoms with van der Waals surface area (Å²) in [7, 11) is -3.04. The predicted octanol–water partition coefficient (Wildman–Crippen LogP) is 0.771. The first-order chi connectivity index (χ1) is 8.94. The molecule has 0 bridgehead atoms. The molecular weight excluding hydrogens is 271 g/mol. The summed E-state index contributed by atoms with van der Waals surface area (Å²) in [5.74, 6) is -0.458. The topological polar surface area (TPSA) is 66.5 Å². The van der Waals surface area contributed by atoms with Crippen LogP contribution in [0.2, 0.25) is 0 Å². The molecule has 1 saturated heterocycles. The molecule has 0 spiro atoms. The van der Waals surface area contributed by atoms with Crippen molar-refractivity contribution in [3.8, 4) is 0 Å². The Labute approximate surface area is 110 Å². The Balaban J connectivity index is 1.99. The predicted molar refractivity (Wildman–Crippen MR) is 69.4 cm³/mol. The van der Waals surface area contributed by atoms with Gasteiger partial charge in [0.2, 0.25) is 5.91 Å². The molecule has 2 aliphatic heterocycles. The van der Waals surface area contributed by atoms with Gasteiger partial charge in [-0.2, -0.15) is 0 Å². The van der Waals surface area contributed by atoms with E-state index in [0.717, 1.165) is 0 Å². The number of hydrogen-bond acceptors (Lipinski definition) is 4. The number of benzene rings is 1. The van der Waals surface area contributed by atoms with E-state index in [1.807, 2.05) is 0 Å². The quantitative estimate of drug-likeness (QED) is 0.827. The van der Waals surface area contributed by atoms with Crippen molar-refractivity contribution in [3.05, 3.63) is 24.0 Å². The van der Waals surface area contributed by atoms with E-state index in [9.17, 15) is 17.6 Å². The molecule has 5 nitrogen and oxygen atoms in total. The molecule has 19 heavy (non-hydrogen) atoms. The molecule has 2 aliphatic rings. The van der Waals surface area contributed by atoms with Gasteiger partial charge in [0, 0.05) is 6.04 Å². The maximum atomic E-state index is 13.3. The highest BCUT2D eigenvalue weighted by Crippen LogP contribution is 2.34. The minimum absolute atomic E-state index is 0.0240. The molecule has 1 amide bonds. The molecule has 0 aromatic heterocycles. The van der Waals surface area contributed by atoms with E-state index in [1.165, 1.54) is 18.2 Å². The zero-order valence-electron chi connectivity index (χ0n) is 10.1. The van der Waals surface area contributed by atoms with Gasteiger partial charge in [0.25, 0.3) is 0 Å². The largest absolute Gasteiger partial charge is 0.356 e. The second-order valence-corrected chi connectivity index (χ2v) is 7.12. The minimum atomic E-state index is -3.04. The first kappa shape index (κ1) is 12.4. The Morgan fingerprint density at radius 3 is 2.84 bits per heavy atom. The van der Waals surface area contributed by atoms with E-state index in [2.05, 4.69) is 5.32 Å². The highest BCUT2D eigenvalue weighted by molar-refractivity contribution is 7.91. The number of rotatable bonds is 1. The third kappa shape index (κ3) is 2.30. The first-order valence-corrected chi connectivity index (χ1v) is 7.83. The van der Waals surface area contributed by atoms with Gasteiger partial charge in [-0.3, -0.25) is 4.79 Å². The molecule has 0 aliphatic carbocycles. The number of hydrogen-bond donors (Lipinski definition) is 1. The minimum Gasteiger partial charge on any atom is -0.356 e. The Kier molecular flexibility index (Phi) is 2.74. The maximum absolute atomic E-state index is 13.3. The fraction of sp³-hybridized carbons (Fsp3) is 0.417. The molecular formula is C12H13FN2O3S. The molecule has 1 fully saturated rings. The molecule has 1 unspecified atom stereocenters. The van der Waals surface area contributed by atoms with Crippen LogP contribution in [0.15, 0.2) is 18.2 Å². The van der Waals surface area contributed by atoms with Gasteiger partial charge in [-0.05, 0) is 24.6 Å². The van der Waals surface area contributed by atoms with Crippen molar-refractivity contribution >= 4 is 27.1 Å². The Morgan fingerprint density at radius 2 is 2.16 bits per heavy atom. The fourth-order valence-electron chi connectivity index (χ4n) is 2.62. The van der Waals surface area contributed by atoms with Gasteiger partial charge >= 0.3 is 0 Å². The van der Waals surface area contributed by atoms with E-state index < -0.39 is 15.7 Å². The lowest BCUT2D eigenvalue weighted by molar-refractivity contribution is -0.115. The Hall–Kier alpha value is -1.63. The summed E-state index contributed by atoms with van der Waals surface area (Å²) in [5.41, 5.74) is 1.09. The molecule has 0 radical (unpaired) electrons. The molecule has 7 heteroatoms. The molecule has 1 aromatic carbocycles. The lowest BCUT2D eigenvalue weighted by atomic mass is 10.1. The smallest absolute Gasteiger partial charge is 0.243 e. The van der Waals surface area contributed by atoms with Crippen molar-refractivity contribution in [2.45, 2.75) is 12.5 Å². The number of carbonyl (C=O) groups is 1. The number of nitrogens with zero attached hydrogens (tertiary/aromatic N) is 1. The van der Waals surface area contributed by atoms with Crippen LogP contribution in [0.5, 0.6) is 0 Å². The number of fused-ring (bicyclic) bond motifs is 1. The molecule has 1 aromatic rings. The summed E-state index contributed by atoms with van der Waals surface area (Å²) in [6, 6.07) is 3.85. The average molecular weight is 284 g/mol. The van der Waals surface area contributed by atoms with Crippen molar-refractivity contribution in [1.82, 2.24) is 0 Å². The first-order valence-electron chi connectivity index (χ1n) is 6.01. The van der Waals surface area contributed by atoms with Crippen LogP contribution in [0.1, 0.15) is 6.42 Å². The van der Waals surface area contributed by atoms with E-state index >= 15 is 0 Å². The lowest BCUT2D eigenvalue weighted by Gasteiger charge is -2.35. The second-order valence-electron chi connectivity index (χ2n) is 4.89. The van der Waals surface area contributed by atoms with E-state index in [0.29, 0.717) is 17.8 Å². The zero-order chi connectivity index (χ0) is 13.6. The van der Waals surface area contributed by atoms with Crippen molar-refractivity contribution < 1.29 is 17.6 Å². The van der Waals surface area contributed by atoms with Gasteiger partial charge in [-0.15, -0.1) is 0 Å². The lowest BCUT2D eigenvalue weighted by Crippen LogP contribution is -2.45. The van der Waals surface area contributed by atoms with Crippen molar-refractivity contribution in [3.63, 3.8) is 0 Å². The molecule has 102 valence electrons. The third-order valence-corrected chi connectivity index (χ3v) is 5.26. The highest BCUT2D eigenvalue weighted by Gasteiger charge is 2.36. The second kappa shape index (κ2) is 4.19. The summed E-state index contributed by atoms with van der Waals surface area (Å²) < 4.78 is 36.4. The molecule has 1 N–H and O–H groups in total. The zero-order valence-corrected chi connectivity index (χ0v) is 10.9. The molecule has 1 atom stereocenters. The number of anilines is 2.